The molecule has 0 heterocycles. The van der Waals surface area contributed by atoms with Crippen LogP contribution in [0.1, 0.15) is 48.5 Å². The van der Waals surface area contributed by atoms with Gasteiger partial charge < -0.3 is 10.0 Å². The van der Waals surface area contributed by atoms with Crippen molar-refractivity contribution in [1.29, 1.82) is 0 Å². The molecule has 0 unspecified atom stereocenters. The van der Waals surface area contributed by atoms with Crippen molar-refractivity contribution in [3.05, 3.63) is 35.4 Å². The van der Waals surface area contributed by atoms with Gasteiger partial charge in [-0.3, -0.25) is 4.79 Å². The standard InChI is InChI=1S/C17H21NO2/c1-2-3-12-18(16-10-11-16)17(20)15-8-6-14(7-9-15)5-4-13-19/h6-9,16,19H,2-3,10-13H2,1H3. The largest absolute Gasteiger partial charge is 0.384 e. The van der Waals surface area contributed by atoms with Gasteiger partial charge in [-0.25, -0.2) is 0 Å². The van der Waals surface area contributed by atoms with Crippen molar-refractivity contribution in [2.75, 3.05) is 13.2 Å². The van der Waals surface area contributed by atoms with Gasteiger partial charge in [0.15, 0.2) is 0 Å². The summed E-state index contributed by atoms with van der Waals surface area (Å²) in [6.45, 7) is 2.85. The molecule has 1 aliphatic carbocycles. The maximum absolute atomic E-state index is 12.5. The summed E-state index contributed by atoms with van der Waals surface area (Å²) in [7, 11) is 0. The minimum absolute atomic E-state index is 0.127. The number of carbonyl (C=O) groups is 1. The van der Waals surface area contributed by atoms with Crippen molar-refractivity contribution in [3.8, 4) is 11.8 Å². The molecule has 0 aliphatic heterocycles. The maximum Gasteiger partial charge on any atom is 0.254 e. The Bertz CT molecular complexity index is 506. The van der Waals surface area contributed by atoms with Gasteiger partial charge in [-0.2, -0.15) is 0 Å². The summed E-state index contributed by atoms with van der Waals surface area (Å²) in [5.41, 5.74) is 1.55. The van der Waals surface area contributed by atoms with Crippen LogP contribution in [-0.2, 0) is 0 Å². The molecular formula is C17H21NO2. The number of nitrogens with zero attached hydrogens (tertiary/aromatic N) is 1. The SMILES string of the molecule is CCCCN(C(=O)c1ccc(C#CCO)cc1)C1CC1. The average Bonchev–Trinajstić information content (AvgIpc) is 3.30. The van der Waals surface area contributed by atoms with E-state index in [-0.39, 0.29) is 12.5 Å². The molecular weight excluding hydrogens is 250 g/mol. The Labute approximate surface area is 120 Å². The summed E-state index contributed by atoms with van der Waals surface area (Å²) in [5.74, 6) is 5.56. The minimum atomic E-state index is -0.146. The van der Waals surface area contributed by atoms with E-state index in [1.807, 2.05) is 29.2 Å². The summed E-state index contributed by atoms with van der Waals surface area (Å²) in [6, 6.07) is 7.76. The second-order valence-corrected chi connectivity index (χ2v) is 5.12. The molecule has 2 rings (SSSR count). The number of carbonyl (C=O) groups excluding carboxylic acids is 1. The average molecular weight is 271 g/mol. The third-order valence-corrected chi connectivity index (χ3v) is 3.44. The van der Waals surface area contributed by atoms with Gasteiger partial charge in [0.05, 0.1) is 0 Å². The molecule has 1 saturated carbocycles. The molecule has 0 radical (unpaired) electrons. The number of benzene rings is 1. The third-order valence-electron chi connectivity index (χ3n) is 3.44. The van der Waals surface area contributed by atoms with Crippen LogP contribution in [0.3, 0.4) is 0 Å². The van der Waals surface area contributed by atoms with E-state index in [1.54, 1.807) is 0 Å². The highest BCUT2D eigenvalue weighted by molar-refractivity contribution is 5.94. The fourth-order valence-corrected chi connectivity index (χ4v) is 2.17. The molecule has 1 amide bonds. The predicted octanol–water partition coefficient (Wildman–Crippen LogP) is 2.44. The van der Waals surface area contributed by atoms with Gasteiger partial charge in [0.2, 0.25) is 0 Å². The number of unbranched alkanes of at least 4 members (excludes halogenated alkanes) is 1. The van der Waals surface area contributed by atoms with E-state index in [4.69, 9.17) is 5.11 Å². The first-order valence-corrected chi connectivity index (χ1v) is 7.27. The number of hydrogen-bond donors (Lipinski definition) is 1. The summed E-state index contributed by atoms with van der Waals surface area (Å²) in [6.07, 6.45) is 4.43. The second kappa shape index (κ2) is 7.12. The summed E-state index contributed by atoms with van der Waals surface area (Å²) >= 11 is 0. The van der Waals surface area contributed by atoms with Crippen molar-refractivity contribution in [3.63, 3.8) is 0 Å². The van der Waals surface area contributed by atoms with Crippen LogP contribution in [0.5, 0.6) is 0 Å². The van der Waals surface area contributed by atoms with Crippen LogP contribution < -0.4 is 0 Å². The second-order valence-electron chi connectivity index (χ2n) is 5.12. The lowest BCUT2D eigenvalue weighted by atomic mass is 10.1. The summed E-state index contributed by atoms with van der Waals surface area (Å²) in [5, 5.41) is 8.66. The number of hydrogen-bond acceptors (Lipinski definition) is 2. The fourth-order valence-electron chi connectivity index (χ4n) is 2.17. The quantitative estimate of drug-likeness (QED) is 0.836. The lowest BCUT2D eigenvalue weighted by Crippen LogP contribution is -2.33. The molecule has 0 spiro atoms. The molecule has 0 bridgehead atoms. The lowest BCUT2D eigenvalue weighted by molar-refractivity contribution is 0.0740. The zero-order valence-electron chi connectivity index (χ0n) is 11.9. The summed E-state index contributed by atoms with van der Waals surface area (Å²) < 4.78 is 0. The van der Waals surface area contributed by atoms with Crippen LogP contribution in [0.4, 0.5) is 0 Å². The molecule has 20 heavy (non-hydrogen) atoms. The van der Waals surface area contributed by atoms with Crippen LogP contribution in [0.2, 0.25) is 0 Å². The number of aliphatic hydroxyl groups excluding tert-OH is 1. The van der Waals surface area contributed by atoms with Crippen molar-refractivity contribution >= 4 is 5.91 Å². The van der Waals surface area contributed by atoms with E-state index in [0.29, 0.717) is 6.04 Å². The summed E-state index contributed by atoms with van der Waals surface area (Å²) in [4.78, 5) is 14.5. The van der Waals surface area contributed by atoms with E-state index in [1.165, 1.54) is 0 Å². The monoisotopic (exact) mass is 271 g/mol. The van der Waals surface area contributed by atoms with E-state index < -0.39 is 0 Å². The Morgan fingerprint density at radius 1 is 1.35 bits per heavy atom. The zero-order chi connectivity index (χ0) is 14.4. The van der Waals surface area contributed by atoms with Gasteiger partial charge in [0.1, 0.15) is 6.61 Å². The topological polar surface area (TPSA) is 40.5 Å². The molecule has 1 aromatic rings. The van der Waals surface area contributed by atoms with Crippen LogP contribution in [0.15, 0.2) is 24.3 Å². The Kier molecular flexibility index (Phi) is 5.20. The van der Waals surface area contributed by atoms with E-state index in [0.717, 1.165) is 43.4 Å². The van der Waals surface area contributed by atoms with Gasteiger partial charge in [0, 0.05) is 23.7 Å². The highest BCUT2D eigenvalue weighted by atomic mass is 16.2. The van der Waals surface area contributed by atoms with Crippen molar-refractivity contribution in [1.82, 2.24) is 4.90 Å². The van der Waals surface area contributed by atoms with Crippen LogP contribution >= 0.6 is 0 Å². The van der Waals surface area contributed by atoms with E-state index in [2.05, 4.69) is 18.8 Å². The number of aliphatic hydroxyl groups is 1. The first kappa shape index (κ1) is 14.6. The number of rotatable bonds is 5. The molecule has 3 heteroatoms. The van der Waals surface area contributed by atoms with Crippen LogP contribution in [0.25, 0.3) is 0 Å². The van der Waals surface area contributed by atoms with E-state index >= 15 is 0 Å². The molecule has 0 atom stereocenters. The van der Waals surface area contributed by atoms with Gasteiger partial charge in [-0.1, -0.05) is 25.2 Å². The minimum Gasteiger partial charge on any atom is -0.384 e. The number of amides is 1. The van der Waals surface area contributed by atoms with E-state index in [9.17, 15) is 4.79 Å². The molecule has 106 valence electrons. The van der Waals surface area contributed by atoms with Crippen molar-refractivity contribution < 1.29 is 9.90 Å². The normalized spacial score (nSPS) is 13.5. The highest BCUT2D eigenvalue weighted by Gasteiger charge is 2.32. The lowest BCUT2D eigenvalue weighted by Gasteiger charge is -2.22. The zero-order valence-corrected chi connectivity index (χ0v) is 11.9. The Morgan fingerprint density at radius 2 is 2.05 bits per heavy atom. The molecule has 0 saturated heterocycles. The predicted molar refractivity (Wildman–Crippen MR) is 79.4 cm³/mol. The van der Waals surface area contributed by atoms with Gasteiger partial charge in [-0.05, 0) is 43.5 Å². The van der Waals surface area contributed by atoms with Gasteiger partial charge >= 0.3 is 0 Å². The van der Waals surface area contributed by atoms with Gasteiger partial charge in [0.25, 0.3) is 5.91 Å². The Morgan fingerprint density at radius 3 is 2.60 bits per heavy atom. The molecule has 1 aromatic carbocycles. The van der Waals surface area contributed by atoms with Crippen LogP contribution in [-0.4, -0.2) is 35.1 Å². The molecule has 1 N–H and O–H groups in total. The molecule has 1 aliphatic rings. The first-order chi connectivity index (χ1) is 9.76. The smallest absolute Gasteiger partial charge is 0.254 e. The Balaban J connectivity index is 2.06. The fraction of sp³-hybridized carbons (Fsp3) is 0.471. The first-order valence-electron chi connectivity index (χ1n) is 7.27. The maximum atomic E-state index is 12.5. The Hall–Kier alpha value is -1.79. The molecule has 0 aromatic heterocycles. The molecule has 3 nitrogen and oxygen atoms in total. The highest BCUT2D eigenvalue weighted by Crippen LogP contribution is 2.28. The van der Waals surface area contributed by atoms with Crippen molar-refractivity contribution in [2.45, 2.75) is 38.6 Å². The molecule has 1 fully saturated rings. The van der Waals surface area contributed by atoms with Crippen LogP contribution in [0, 0.1) is 11.8 Å². The van der Waals surface area contributed by atoms with Crippen molar-refractivity contribution in [2.24, 2.45) is 0 Å². The van der Waals surface area contributed by atoms with Gasteiger partial charge in [-0.15, -0.1) is 0 Å². The third kappa shape index (κ3) is 3.85.